The summed E-state index contributed by atoms with van der Waals surface area (Å²) in [7, 11) is -0.750. The molecule has 2 aliphatic rings. The fourth-order valence-corrected chi connectivity index (χ4v) is 3.38. The van der Waals surface area contributed by atoms with Gasteiger partial charge in [0.05, 0.1) is 11.1 Å². The first-order chi connectivity index (χ1) is 9.78. The van der Waals surface area contributed by atoms with Crippen molar-refractivity contribution in [2.24, 2.45) is 5.10 Å². The SMILES string of the molecule is COC12OC1(c1ccncc1S(C)(=O)=O)C=NN(C)C2=O. The van der Waals surface area contributed by atoms with Gasteiger partial charge in [-0.2, -0.15) is 5.10 Å². The molecule has 8 nitrogen and oxygen atoms in total. The fourth-order valence-electron chi connectivity index (χ4n) is 2.51. The molecule has 1 amide bonds. The predicted octanol–water partition coefficient (Wildman–Crippen LogP) is -0.489. The standard InChI is InChI=1S/C12H13N3O5S/c1-15-10(16)12(19-2)11(20-12,7-14-15)8-4-5-13-6-9(8)21(3,17)18/h4-7H,1-3H3. The van der Waals surface area contributed by atoms with E-state index in [-0.39, 0.29) is 10.5 Å². The highest BCUT2D eigenvalue weighted by Crippen LogP contribution is 2.58. The molecule has 2 atom stereocenters. The quantitative estimate of drug-likeness (QED) is 0.698. The van der Waals surface area contributed by atoms with Crippen LogP contribution in [0.25, 0.3) is 0 Å². The Bertz CT molecular complexity index is 762. The molecule has 1 aromatic rings. The van der Waals surface area contributed by atoms with Crippen molar-refractivity contribution in [2.45, 2.75) is 16.3 Å². The maximum Gasteiger partial charge on any atom is 0.306 e. The summed E-state index contributed by atoms with van der Waals surface area (Å²) in [6.07, 6.45) is 5.09. The molecule has 2 unspecified atom stereocenters. The summed E-state index contributed by atoms with van der Waals surface area (Å²) in [5.74, 6) is -2.08. The third-order valence-corrected chi connectivity index (χ3v) is 4.74. The number of rotatable bonds is 3. The number of hydrogen-bond acceptors (Lipinski definition) is 7. The van der Waals surface area contributed by atoms with Crippen LogP contribution in [0.4, 0.5) is 0 Å². The molecular weight excluding hydrogens is 298 g/mol. The number of hydrazone groups is 1. The van der Waals surface area contributed by atoms with Gasteiger partial charge in [0.15, 0.2) is 15.4 Å². The summed E-state index contributed by atoms with van der Waals surface area (Å²) >= 11 is 0. The third-order valence-electron chi connectivity index (χ3n) is 3.61. The number of carbonyl (C=O) groups is 1. The van der Waals surface area contributed by atoms with E-state index < -0.39 is 27.1 Å². The molecule has 2 aliphatic heterocycles. The van der Waals surface area contributed by atoms with E-state index in [1.807, 2.05) is 0 Å². The molecular formula is C12H13N3O5S. The van der Waals surface area contributed by atoms with Crippen molar-refractivity contribution < 1.29 is 22.7 Å². The number of fused-ring (bicyclic) bond motifs is 1. The molecule has 0 spiro atoms. The molecule has 0 radical (unpaired) electrons. The third kappa shape index (κ3) is 1.68. The molecule has 3 rings (SSSR count). The van der Waals surface area contributed by atoms with Crippen LogP contribution in [0.3, 0.4) is 0 Å². The number of epoxide rings is 1. The second-order valence-electron chi connectivity index (χ2n) is 4.88. The Morgan fingerprint density at radius 2 is 2.14 bits per heavy atom. The minimum atomic E-state index is -3.54. The van der Waals surface area contributed by atoms with Crippen molar-refractivity contribution in [1.29, 1.82) is 0 Å². The molecule has 0 N–H and O–H groups in total. The van der Waals surface area contributed by atoms with Gasteiger partial charge in [-0.15, -0.1) is 0 Å². The van der Waals surface area contributed by atoms with E-state index in [0.717, 1.165) is 11.3 Å². The van der Waals surface area contributed by atoms with Gasteiger partial charge in [0, 0.05) is 38.4 Å². The summed E-state index contributed by atoms with van der Waals surface area (Å²) in [6, 6.07) is 1.49. The Kier molecular flexibility index (Phi) is 2.75. The number of methoxy groups -OCH3 is 1. The zero-order valence-corrected chi connectivity index (χ0v) is 12.4. The van der Waals surface area contributed by atoms with E-state index >= 15 is 0 Å². The Morgan fingerprint density at radius 1 is 1.43 bits per heavy atom. The molecule has 9 heteroatoms. The Labute approximate surface area is 121 Å². The van der Waals surface area contributed by atoms with Crippen molar-refractivity contribution in [2.75, 3.05) is 20.4 Å². The van der Waals surface area contributed by atoms with Gasteiger partial charge in [0.1, 0.15) is 0 Å². The number of likely N-dealkylation sites (N-methyl/N-ethyl adjacent to an activating group) is 1. The monoisotopic (exact) mass is 311 g/mol. The number of aromatic nitrogens is 1. The normalized spacial score (nSPS) is 31.2. The van der Waals surface area contributed by atoms with Gasteiger partial charge in [-0.1, -0.05) is 0 Å². The Hall–Kier alpha value is -1.84. The molecule has 1 fully saturated rings. The van der Waals surface area contributed by atoms with Gasteiger partial charge in [-0.05, 0) is 6.07 Å². The lowest BCUT2D eigenvalue weighted by molar-refractivity contribution is -0.153. The van der Waals surface area contributed by atoms with Crippen molar-refractivity contribution in [1.82, 2.24) is 9.99 Å². The minimum Gasteiger partial charge on any atom is -0.343 e. The topological polar surface area (TPSA) is 101 Å². The van der Waals surface area contributed by atoms with Crippen LogP contribution in [0.5, 0.6) is 0 Å². The smallest absolute Gasteiger partial charge is 0.306 e. The first-order valence-corrected chi connectivity index (χ1v) is 7.91. The zero-order valence-electron chi connectivity index (χ0n) is 11.6. The maximum atomic E-state index is 12.3. The molecule has 112 valence electrons. The maximum absolute atomic E-state index is 12.3. The number of ether oxygens (including phenoxy) is 2. The fraction of sp³-hybridized carbons (Fsp3) is 0.417. The van der Waals surface area contributed by atoms with Crippen LogP contribution in [0.1, 0.15) is 5.56 Å². The number of amides is 1. The van der Waals surface area contributed by atoms with Gasteiger partial charge >= 0.3 is 5.91 Å². The first kappa shape index (κ1) is 14.1. The van der Waals surface area contributed by atoms with Crippen LogP contribution in [0.2, 0.25) is 0 Å². The van der Waals surface area contributed by atoms with E-state index in [1.54, 1.807) is 0 Å². The van der Waals surface area contributed by atoms with E-state index in [4.69, 9.17) is 9.47 Å². The summed E-state index contributed by atoms with van der Waals surface area (Å²) in [5, 5.41) is 5.03. The largest absolute Gasteiger partial charge is 0.343 e. The second-order valence-corrected chi connectivity index (χ2v) is 6.86. The van der Waals surface area contributed by atoms with Gasteiger partial charge in [0.2, 0.25) is 0 Å². The highest BCUT2D eigenvalue weighted by atomic mass is 32.2. The number of carbonyl (C=O) groups excluding carboxylic acids is 1. The molecule has 3 heterocycles. The van der Waals surface area contributed by atoms with E-state index in [0.29, 0.717) is 0 Å². The molecule has 1 saturated heterocycles. The van der Waals surface area contributed by atoms with Crippen molar-refractivity contribution in [3.63, 3.8) is 0 Å². The number of pyridine rings is 1. The first-order valence-electron chi connectivity index (χ1n) is 6.02. The predicted molar refractivity (Wildman–Crippen MR) is 71.1 cm³/mol. The molecule has 1 aromatic heterocycles. The van der Waals surface area contributed by atoms with Crippen LogP contribution in [-0.2, 0) is 29.7 Å². The van der Waals surface area contributed by atoms with Gasteiger partial charge in [-0.25, -0.2) is 13.4 Å². The van der Waals surface area contributed by atoms with Crippen molar-refractivity contribution in [3.05, 3.63) is 24.0 Å². The Morgan fingerprint density at radius 3 is 2.76 bits per heavy atom. The van der Waals surface area contributed by atoms with Crippen molar-refractivity contribution in [3.8, 4) is 0 Å². The van der Waals surface area contributed by atoms with Crippen LogP contribution < -0.4 is 0 Å². The zero-order chi connectivity index (χ0) is 15.5. The number of sulfone groups is 1. The highest BCUT2D eigenvalue weighted by molar-refractivity contribution is 7.90. The molecule has 0 aromatic carbocycles. The lowest BCUT2D eigenvalue weighted by Crippen LogP contribution is -2.46. The van der Waals surface area contributed by atoms with Crippen LogP contribution in [0.15, 0.2) is 28.5 Å². The lowest BCUT2D eigenvalue weighted by atomic mass is 9.93. The average molecular weight is 311 g/mol. The summed E-state index contributed by atoms with van der Waals surface area (Å²) < 4.78 is 34.6. The summed E-state index contributed by atoms with van der Waals surface area (Å²) in [5.41, 5.74) is -1.06. The minimum absolute atomic E-state index is 0.0206. The lowest BCUT2D eigenvalue weighted by Gasteiger charge is -2.24. The second kappa shape index (κ2) is 4.09. The summed E-state index contributed by atoms with van der Waals surface area (Å²) in [4.78, 5) is 16.1. The van der Waals surface area contributed by atoms with Gasteiger partial charge in [-0.3, -0.25) is 9.78 Å². The Balaban J connectivity index is 2.24. The number of nitrogens with zero attached hydrogens (tertiary/aromatic N) is 3. The summed E-state index contributed by atoms with van der Waals surface area (Å²) in [6.45, 7) is 0. The van der Waals surface area contributed by atoms with E-state index in [1.165, 1.54) is 38.8 Å². The van der Waals surface area contributed by atoms with Gasteiger partial charge < -0.3 is 9.47 Å². The van der Waals surface area contributed by atoms with Crippen LogP contribution in [-0.4, -0.2) is 56.7 Å². The average Bonchev–Trinajstić information content (AvgIpc) is 3.14. The van der Waals surface area contributed by atoms with Crippen LogP contribution >= 0.6 is 0 Å². The molecule has 21 heavy (non-hydrogen) atoms. The highest BCUT2D eigenvalue weighted by Gasteiger charge is 2.80. The molecule has 0 bridgehead atoms. The molecule has 0 aliphatic carbocycles. The van der Waals surface area contributed by atoms with E-state index in [9.17, 15) is 13.2 Å². The van der Waals surface area contributed by atoms with Crippen LogP contribution in [0, 0.1) is 0 Å². The van der Waals surface area contributed by atoms with Crippen molar-refractivity contribution >= 4 is 22.0 Å². The van der Waals surface area contributed by atoms with E-state index in [2.05, 4.69) is 10.1 Å². The van der Waals surface area contributed by atoms with Gasteiger partial charge in [0.25, 0.3) is 5.79 Å². The number of hydrogen-bond donors (Lipinski definition) is 0. The molecule has 0 saturated carbocycles.